The van der Waals surface area contributed by atoms with E-state index in [2.05, 4.69) is 0 Å². The fourth-order valence-corrected chi connectivity index (χ4v) is 3.01. The normalized spacial score (nSPS) is 11.6. The van der Waals surface area contributed by atoms with Crippen molar-refractivity contribution in [1.29, 1.82) is 0 Å². The lowest BCUT2D eigenvalue weighted by atomic mass is 9.91. The van der Waals surface area contributed by atoms with Crippen LogP contribution in [0.2, 0.25) is 0 Å². The third-order valence-electron chi connectivity index (χ3n) is 3.92. The summed E-state index contributed by atoms with van der Waals surface area (Å²) in [5, 5.41) is 25.3. The molecule has 4 rings (SSSR count). The molecule has 20 heavy (non-hydrogen) atoms. The molecule has 3 heteroatoms. The van der Waals surface area contributed by atoms with Crippen molar-refractivity contribution < 1.29 is 15.0 Å². The largest absolute Gasteiger partial charge is 0.504 e. The highest BCUT2D eigenvalue weighted by Crippen LogP contribution is 2.44. The van der Waals surface area contributed by atoms with Crippen LogP contribution in [0.25, 0.3) is 32.3 Å². The van der Waals surface area contributed by atoms with Gasteiger partial charge in [-0.3, -0.25) is 4.79 Å². The molecule has 96 valence electrons. The molecule has 0 spiro atoms. The second kappa shape index (κ2) is 3.61. The molecule has 4 aromatic carbocycles. The summed E-state index contributed by atoms with van der Waals surface area (Å²) >= 11 is 0. The molecule has 0 fully saturated rings. The van der Waals surface area contributed by atoms with Crippen LogP contribution in [0.15, 0.2) is 42.5 Å². The average Bonchev–Trinajstić information content (AvgIpc) is 2.48. The molecule has 4 aromatic rings. The van der Waals surface area contributed by atoms with Crippen LogP contribution in [-0.2, 0) is 0 Å². The highest BCUT2D eigenvalue weighted by atomic mass is 16.3. The predicted molar refractivity (Wildman–Crippen MR) is 78.9 cm³/mol. The summed E-state index contributed by atoms with van der Waals surface area (Å²) in [6, 6.07) is 13.4. The minimum Gasteiger partial charge on any atom is -0.504 e. The number of benzene rings is 4. The quantitative estimate of drug-likeness (QED) is 0.311. The predicted octanol–water partition coefficient (Wildman–Crippen LogP) is 3.81. The van der Waals surface area contributed by atoms with Gasteiger partial charge in [-0.25, -0.2) is 0 Å². The molecule has 3 nitrogen and oxygen atoms in total. The number of phenols is 2. The van der Waals surface area contributed by atoms with Gasteiger partial charge in [0.25, 0.3) is 0 Å². The molecular formula is C17H10O3. The molecule has 0 aliphatic carbocycles. The van der Waals surface area contributed by atoms with Crippen LogP contribution in [0.1, 0.15) is 10.4 Å². The Kier molecular flexibility index (Phi) is 1.99. The number of hydrogen-bond acceptors (Lipinski definition) is 3. The third-order valence-corrected chi connectivity index (χ3v) is 3.92. The molecule has 0 aliphatic rings. The van der Waals surface area contributed by atoms with Crippen LogP contribution in [0.5, 0.6) is 11.5 Å². The zero-order valence-corrected chi connectivity index (χ0v) is 10.4. The summed E-state index contributed by atoms with van der Waals surface area (Å²) in [7, 11) is 0. The Hall–Kier alpha value is -2.81. The number of rotatable bonds is 1. The standard InChI is InChI=1S/C17H10O3/c18-8-13-11-6-4-9-2-1-3-10-5-7-12(15(11)14(9)10)16(19)17(13)20/h1-8,19-20H. The molecule has 0 amide bonds. The molecule has 0 atom stereocenters. The van der Waals surface area contributed by atoms with Crippen LogP contribution in [-0.4, -0.2) is 16.5 Å². The molecule has 2 N–H and O–H groups in total. The monoisotopic (exact) mass is 262 g/mol. The smallest absolute Gasteiger partial charge is 0.169 e. The van der Waals surface area contributed by atoms with Crippen LogP contribution >= 0.6 is 0 Å². The lowest BCUT2D eigenvalue weighted by molar-refractivity contribution is 0.112. The van der Waals surface area contributed by atoms with E-state index in [1.165, 1.54) is 0 Å². The topological polar surface area (TPSA) is 57.5 Å². The van der Waals surface area contributed by atoms with E-state index in [-0.39, 0.29) is 17.1 Å². The van der Waals surface area contributed by atoms with Crippen molar-refractivity contribution in [3.8, 4) is 11.5 Å². The van der Waals surface area contributed by atoms with Gasteiger partial charge in [0.05, 0.1) is 5.56 Å². The SMILES string of the molecule is O=Cc1c(O)c(O)c2ccc3cccc4ccc1c2c34. The summed E-state index contributed by atoms with van der Waals surface area (Å²) in [5.41, 5.74) is 0.133. The first-order valence-corrected chi connectivity index (χ1v) is 6.29. The minimum absolute atomic E-state index is 0.133. The van der Waals surface area contributed by atoms with Crippen molar-refractivity contribution >= 4 is 38.6 Å². The first-order chi connectivity index (χ1) is 9.72. The Labute approximate surface area is 114 Å². The molecular weight excluding hydrogens is 252 g/mol. The van der Waals surface area contributed by atoms with Crippen molar-refractivity contribution in [2.45, 2.75) is 0 Å². The number of aromatic hydroxyl groups is 2. The van der Waals surface area contributed by atoms with Gasteiger partial charge < -0.3 is 10.2 Å². The van der Waals surface area contributed by atoms with Gasteiger partial charge in [-0.15, -0.1) is 0 Å². The summed E-state index contributed by atoms with van der Waals surface area (Å²) in [6.07, 6.45) is 0.584. The van der Waals surface area contributed by atoms with Gasteiger partial charge in [-0.05, 0) is 27.6 Å². The Bertz CT molecular complexity index is 970. The first kappa shape index (κ1) is 11.1. The molecule has 0 bridgehead atoms. The van der Waals surface area contributed by atoms with E-state index in [1.807, 2.05) is 36.4 Å². The maximum absolute atomic E-state index is 11.3. The van der Waals surface area contributed by atoms with Gasteiger partial charge in [0, 0.05) is 10.8 Å². The average molecular weight is 262 g/mol. The second-order valence-electron chi connectivity index (χ2n) is 4.91. The Morgan fingerprint density at radius 1 is 0.750 bits per heavy atom. The molecule has 0 heterocycles. The fourth-order valence-electron chi connectivity index (χ4n) is 3.01. The molecule has 0 saturated heterocycles. The van der Waals surface area contributed by atoms with Gasteiger partial charge in [0.2, 0.25) is 0 Å². The molecule has 0 unspecified atom stereocenters. The number of carbonyl (C=O) groups is 1. The van der Waals surface area contributed by atoms with Crippen molar-refractivity contribution in [1.82, 2.24) is 0 Å². The van der Waals surface area contributed by atoms with E-state index in [4.69, 9.17) is 0 Å². The molecule has 0 aliphatic heterocycles. The number of hydrogen-bond donors (Lipinski definition) is 2. The lowest BCUT2D eigenvalue weighted by Crippen LogP contribution is -1.90. The van der Waals surface area contributed by atoms with Crippen molar-refractivity contribution in [2.75, 3.05) is 0 Å². The van der Waals surface area contributed by atoms with Crippen LogP contribution in [0.3, 0.4) is 0 Å². The highest BCUT2D eigenvalue weighted by Gasteiger charge is 2.18. The van der Waals surface area contributed by atoms with E-state index < -0.39 is 0 Å². The number of carbonyl (C=O) groups excluding carboxylic acids is 1. The van der Waals surface area contributed by atoms with Gasteiger partial charge in [0.15, 0.2) is 17.8 Å². The zero-order valence-electron chi connectivity index (χ0n) is 10.4. The summed E-state index contributed by atoms with van der Waals surface area (Å²) < 4.78 is 0. The van der Waals surface area contributed by atoms with Gasteiger partial charge >= 0.3 is 0 Å². The summed E-state index contributed by atoms with van der Waals surface area (Å²) in [6.45, 7) is 0. The Balaban J connectivity index is 2.46. The summed E-state index contributed by atoms with van der Waals surface area (Å²) in [5.74, 6) is -0.594. The maximum atomic E-state index is 11.3. The maximum Gasteiger partial charge on any atom is 0.169 e. The van der Waals surface area contributed by atoms with Crippen molar-refractivity contribution in [2.24, 2.45) is 0 Å². The number of phenolic OH excluding ortho intramolecular Hbond substituents is 2. The van der Waals surface area contributed by atoms with Crippen molar-refractivity contribution in [3.05, 3.63) is 48.0 Å². The second-order valence-corrected chi connectivity index (χ2v) is 4.91. The lowest BCUT2D eigenvalue weighted by Gasteiger charge is -2.14. The van der Waals surface area contributed by atoms with E-state index in [0.717, 1.165) is 21.5 Å². The van der Waals surface area contributed by atoms with Gasteiger partial charge in [0.1, 0.15) is 0 Å². The van der Waals surface area contributed by atoms with Crippen LogP contribution in [0.4, 0.5) is 0 Å². The van der Waals surface area contributed by atoms with E-state index in [9.17, 15) is 15.0 Å². The van der Waals surface area contributed by atoms with E-state index >= 15 is 0 Å². The number of aldehydes is 1. The van der Waals surface area contributed by atoms with Gasteiger partial charge in [-0.1, -0.05) is 36.4 Å². The van der Waals surface area contributed by atoms with Crippen molar-refractivity contribution in [3.63, 3.8) is 0 Å². The van der Waals surface area contributed by atoms with Crippen LogP contribution < -0.4 is 0 Å². The first-order valence-electron chi connectivity index (χ1n) is 6.29. The zero-order chi connectivity index (χ0) is 13.9. The Morgan fingerprint density at radius 3 is 2.05 bits per heavy atom. The summed E-state index contributed by atoms with van der Waals surface area (Å²) in [4.78, 5) is 11.3. The molecule has 0 aromatic heterocycles. The Morgan fingerprint density at radius 2 is 1.40 bits per heavy atom. The minimum atomic E-state index is -0.356. The molecule has 0 saturated carbocycles. The molecule has 0 radical (unpaired) electrons. The highest BCUT2D eigenvalue weighted by molar-refractivity contribution is 6.27. The van der Waals surface area contributed by atoms with E-state index in [1.54, 1.807) is 6.07 Å². The third kappa shape index (κ3) is 1.17. The fraction of sp³-hybridized carbons (Fsp3) is 0. The van der Waals surface area contributed by atoms with Crippen LogP contribution in [0, 0.1) is 0 Å². The van der Waals surface area contributed by atoms with E-state index in [0.29, 0.717) is 17.1 Å². The van der Waals surface area contributed by atoms with Gasteiger partial charge in [-0.2, -0.15) is 0 Å².